The molecule has 0 aliphatic carbocycles. The predicted molar refractivity (Wildman–Crippen MR) is 56.3 cm³/mol. The summed E-state index contributed by atoms with van der Waals surface area (Å²) < 4.78 is 0. The van der Waals surface area contributed by atoms with Crippen molar-refractivity contribution >= 4 is 5.91 Å². The van der Waals surface area contributed by atoms with E-state index < -0.39 is 0 Å². The third kappa shape index (κ3) is 1.52. The molecule has 14 heavy (non-hydrogen) atoms. The van der Waals surface area contributed by atoms with Crippen molar-refractivity contribution in [1.82, 2.24) is 4.90 Å². The van der Waals surface area contributed by atoms with Crippen LogP contribution >= 0.6 is 0 Å². The Balaban J connectivity index is 2.27. The molecule has 1 aromatic carbocycles. The van der Waals surface area contributed by atoms with E-state index in [0.717, 1.165) is 31.5 Å². The summed E-state index contributed by atoms with van der Waals surface area (Å²) >= 11 is 0. The van der Waals surface area contributed by atoms with Gasteiger partial charge in [-0.2, -0.15) is 0 Å². The molecular formula is C12H15NO. The number of hydrogen-bond acceptors (Lipinski definition) is 1. The number of benzene rings is 1. The van der Waals surface area contributed by atoms with Crippen LogP contribution in [0.15, 0.2) is 24.3 Å². The van der Waals surface area contributed by atoms with Gasteiger partial charge < -0.3 is 4.90 Å². The number of rotatable bonds is 2. The molecular weight excluding hydrogens is 174 g/mol. The number of amides is 1. The minimum absolute atomic E-state index is 0.203. The number of hydrogen-bond donors (Lipinski definition) is 0. The lowest BCUT2D eigenvalue weighted by Gasteiger charge is -2.28. The lowest BCUT2D eigenvalue weighted by atomic mass is 9.99. The lowest BCUT2D eigenvalue weighted by Crippen LogP contribution is -2.37. The van der Waals surface area contributed by atoms with Gasteiger partial charge in [-0.15, -0.1) is 0 Å². The van der Waals surface area contributed by atoms with Crippen LogP contribution in [0.2, 0.25) is 0 Å². The topological polar surface area (TPSA) is 20.3 Å². The molecule has 2 nitrogen and oxygen atoms in total. The van der Waals surface area contributed by atoms with E-state index in [9.17, 15) is 4.79 Å². The molecule has 0 spiro atoms. The fourth-order valence-corrected chi connectivity index (χ4v) is 1.96. The van der Waals surface area contributed by atoms with Crippen molar-refractivity contribution in [2.24, 2.45) is 0 Å². The van der Waals surface area contributed by atoms with Crippen LogP contribution in [0.4, 0.5) is 0 Å². The molecule has 0 aromatic heterocycles. The van der Waals surface area contributed by atoms with Gasteiger partial charge in [-0.1, -0.05) is 25.1 Å². The van der Waals surface area contributed by atoms with Gasteiger partial charge in [-0.25, -0.2) is 0 Å². The first-order valence-corrected chi connectivity index (χ1v) is 5.20. The summed E-state index contributed by atoms with van der Waals surface area (Å²) in [7, 11) is 0. The quantitative estimate of drug-likeness (QED) is 0.697. The normalized spacial score (nSPS) is 15.5. The van der Waals surface area contributed by atoms with E-state index >= 15 is 0 Å². The van der Waals surface area contributed by atoms with Crippen LogP contribution < -0.4 is 0 Å². The first kappa shape index (κ1) is 9.25. The minimum Gasteiger partial charge on any atom is -0.338 e. The molecule has 1 heterocycles. The smallest absolute Gasteiger partial charge is 0.254 e. The van der Waals surface area contributed by atoms with Gasteiger partial charge in [-0.05, 0) is 24.5 Å². The minimum atomic E-state index is 0.203. The van der Waals surface area contributed by atoms with Gasteiger partial charge >= 0.3 is 0 Å². The number of nitrogens with zero attached hydrogens (tertiary/aromatic N) is 1. The van der Waals surface area contributed by atoms with Crippen LogP contribution in [0.1, 0.15) is 29.3 Å². The van der Waals surface area contributed by atoms with Gasteiger partial charge in [-0.3, -0.25) is 4.79 Å². The van der Waals surface area contributed by atoms with E-state index in [1.165, 1.54) is 5.56 Å². The number of carbonyl (C=O) groups excluding carboxylic acids is 1. The monoisotopic (exact) mass is 189 g/mol. The van der Waals surface area contributed by atoms with Crippen LogP contribution in [-0.4, -0.2) is 23.9 Å². The molecule has 1 aliphatic heterocycles. The zero-order chi connectivity index (χ0) is 9.97. The van der Waals surface area contributed by atoms with Gasteiger partial charge in [0.15, 0.2) is 0 Å². The number of fused-ring (bicyclic) bond motifs is 1. The Morgan fingerprint density at radius 3 is 2.93 bits per heavy atom. The Hall–Kier alpha value is -1.31. The summed E-state index contributed by atoms with van der Waals surface area (Å²) in [5, 5.41) is 0. The van der Waals surface area contributed by atoms with E-state index in [-0.39, 0.29) is 5.91 Å². The van der Waals surface area contributed by atoms with Crippen molar-refractivity contribution in [3.63, 3.8) is 0 Å². The molecule has 2 rings (SSSR count). The first-order chi connectivity index (χ1) is 6.83. The molecule has 0 radical (unpaired) electrons. The Kier molecular flexibility index (Phi) is 2.53. The van der Waals surface area contributed by atoms with Crippen LogP contribution in [0.25, 0.3) is 0 Å². The lowest BCUT2D eigenvalue weighted by molar-refractivity contribution is 0.0740. The second-order valence-electron chi connectivity index (χ2n) is 3.70. The average Bonchev–Trinajstić information content (AvgIpc) is 2.23. The summed E-state index contributed by atoms with van der Waals surface area (Å²) in [6.07, 6.45) is 2.04. The Morgan fingerprint density at radius 1 is 1.36 bits per heavy atom. The van der Waals surface area contributed by atoms with Crippen molar-refractivity contribution in [2.45, 2.75) is 19.8 Å². The molecule has 74 valence electrons. The highest BCUT2D eigenvalue weighted by Crippen LogP contribution is 2.18. The fourth-order valence-electron chi connectivity index (χ4n) is 1.96. The third-order valence-corrected chi connectivity index (χ3v) is 2.68. The molecule has 0 saturated carbocycles. The molecule has 1 amide bonds. The molecule has 0 atom stereocenters. The largest absolute Gasteiger partial charge is 0.338 e. The van der Waals surface area contributed by atoms with E-state index in [1.54, 1.807) is 0 Å². The first-order valence-electron chi connectivity index (χ1n) is 5.20. The third-order valence-electron chi connectivity index (χ3n) is 2.68. The second kappa shape index (κ2) is 3.82. The van der Waals surface area contributed by atoms with Gasteiger partial charge in [0.1, 0.15) is 0 Å². The molecule has 2 heteroatoms. The molecule has 1 aliphatic rings. The fraction of sp³-hybridized carbons (Fsp3) is 0.417. The van der Waals surface area contributed by atoms with Crippen LogP contribution in [0, 0.1) is 0 Å². The maximum absolute atomic E-state index is 11.9. The van der Waals surface area contributed by atoms with Gasteiger partial charge in [0, 0.05) is 18.7 Å². The molecule has 1 aromatic rings. The van der Waals surface area contributed by atoms with Crippen LogP contribution in [0.5, 0.6) is 0 Å². The van der Waals surface area contributed by atoms with E-state index in [1.807, 2.05) is 23.1 Å². The van der Waals surface area contributed by atoms with Gasteiger partial charge in [0.2, 0.25) is 0 Å². The van der Waals surface area contributed by atoms with Crippen molar-refractivity contribution < 1.29 is 4.79 Å². The Morgan fingerprint density at radius 2 is 2.14 bits per heavy atom. The van der Waals surface area contributed by atoms with Crippen molar-refractivity contribution in [2.75, 3.05) is 13.1 Å². The highest BCUT2D eigenvalue weighted by atomic mass is 16.2. The molecule has 0 saturated heterocycles. The predicted octanol–water partition coefficient (Wildman–Crippen LogP) is 2.09. The molecule has 0 N–H and O–H groups in total. The number of carbonyl (C=O) groups is 1. The average molecular weight is 189 g/mol. The van der Waals surface area contributed by atoms with E-state index in [0.29, 0.717) is 0 Å². The summed E-state index contributed by atoms with van der Waals surface area (Å²) in [5.74, 6) is 0.203. The maximum atomic E-state index is 11.9. The summed E-state index contributed by atoms with van der Waals surface area (Å²) in [5.41, 5.74) is 2.09. The zero-order valence-corrected chi connectivity index (χ0v) is 8.49. The zero-order valence-electron chi connectivity index (χ0n) is 8.49. The van der Waals surface area contributed by atoms with E-state index in [4.69, 9.17) is 0 Å². The maximum Gasteiger partial charge on any atom is 0.254 e. The van der Waals surface area contributed by atoms with Crippen LogP contribution in [-0.2, 0) is 6.42 Å². The molecule has 0 fully saturated rings. The molecule has 0 unspecified atom stereocenters. The highest BCUT2D eigenvalue weighted by Gasteiger charge is 2.22. The van der Waals surface area contributed by atoms with Crippen molar-refractivity contribution in [3.05, 3.63) is 35.4 Å². The van der Waals surface area contributed by atoms with E-state index in [2.05, 4.69) is 13.0 Å². The summed E-state index contributed by atoms with van der Waals surface area (Å²) in [6.45, 7) is 3.87. The van der Waals surface area contributed by atoms with Crippen LogP contribution in [0.3, 0.4) is 0 Å². The summed E-state index contributed by atoms with van der Waals surface area (Å²) in [4.78, 5) is 13.9. The Bertz CT molecular complexity index is 346. The van der Waals surface area contributed by atoms with Crippen molar-refractivity contribution in [1.29, 1.82) is 0 Å². The molecule has 0 bridgehead atoms. The standard InChI is InChI=1S/C12H15NO/c1-2-8-13-9-7-10-5-3-4-6-11(10)12(13)14/h3-6H,2,7-9H2,1H3. The second-order valence-corrected chi connectivity index (χ2v) is 3.70. The highest BCUT2D eigenvalue weighted by molar-refractivity contribution is 5.96. The van der Waals surface area contributed by atoms with Gasteiger partial charge in [0.25, 0.3) is 5.91 Å². The van der Waals surface area contributed by atoms with Gasteiger partial charge in [0.05, 0.1) is 0 Å². The van der Waals surface area contributed by atoms with Crippen molar-refractivity contribution in [3.8, 4) is 0 Å². The SMILES string of the molecule is CCCN1CCc2ccccc2C1=O. The Labute approximate surface area is 84.5 Å². The summed E-state index contributed by atoms with van der Waals surface area (Å²) in [6, 6.07) is 7.92.